The highest BCUT2D eigenvalue weighted by atomic mass is 32.2. The highest BCUT2D eigenvalue weighted by Gasteiger charge is 2.29. The molecular weight excluding hydrogens is 400 g/mol. The van der Waals surface area contributed by atoms with Crippen molar-refractivity contribution in [1.82, 2.24) is 4.31 Å². The summed E-state index contributed by atoms with van der Waals surface area (Å²) in [6.07, 6.45) is 0. The smallest absolute Gasteiger partial charge is 0.312 e. The van der Waals surface area contributed by atoms with Crippen LogP contribution in [0.2, 0.25) is 0 Å². The van der Waals surface area contributed by atoms with Gasteiger partial charge in [-0.15, -0.1) is 0 Å². The van der Waals surface area contributed by atoms with Gasteiger partial charge in [0.1, 0.15) is 12.4 Å². The summed E-state index contributed by atoms with van der Waals surface area (Å²) in [6, 6.07) is 9.21. The standard InChI is InChI=1S/C19H22N2O7S/c1-14-3-5-18(26-2)15(11-14)13-28-19-6-4-16(12-17(19)21(22)23)29(24,25)20-7-9-27-10-8-20/h3-6,11-12H,7-10,13H2,1-2H3. The summed E-state index contributed by atoms with van der Waals surface area (Å²) in [5.41, 5.74) is 1.31. The van der Waals surface area contributed by atoms with E-state index in [9.17, 15) is 18.5 Å². The minimum Gasteiger partial charge on any atom is -0.496 e. The molecule has 2 aromatic carbocycles. The van der Waals surface area contributed by atoms with E-state index < -0.39 is 20.6 Å². The number of nitro groups is 1. The number of rotatable bonds is 7. The van der Waals surface area contributed by atoms with Gasteiger partial charge in [-0.2, -0.15) is 4.31 Å². The molecule has 0 atom stereocenters. The monoisotopic (exact) mass is 422 g/mol. The average molecular weight is 422 g/mol. The summed E-state index contributed by atoms with van der Waals surface area (Å²) in [4.78, 5) is 10.7. The van der Waals surface area contributed by atoms with Crippen LogP contribution in [0.15, 0.2) is 41.3 Å². The Morgan fingerprint density at radius 3 is 2.48 bits per heavy atom. The van der Waals surface area contributed by atoms with Crippen molar-refractivity contribution in [2.75, 3.05) is 33.4 Å². The minimum absolute atomic E-state index is 0.0144. The average Bonchev–Trinajstić information content (AvgIpc) is 2.72. The van der Waals surface area contributed by atoms with E-state index in [1.54, 1.807) is 6.07 Å². The van der Waals surface area contributed by atoms with Crippen LogP contribution < -0.4 is 9.47 Å². The molecule has 0 saturated carbocycles. The number of aryl methyl sites for hydroxylation is 1. The largest absolute Gasteiger partial charge is 0.496 e. The van der Waals surface area contributed by atoms with Crippen LogP contribution >= 0.6 is 0 Å². The van der Waals surface area contributed by atoms with Crippen molar-refractivity contribution in [3.05, 3.63) is 57.6 Å². The van der Waals surface area contributed by atoms with Crippen LogP contribution in [0.4, 0.5) is 5.69 Å². The summed E-state index contributed by atoms with van der Waals surface area (Å²) < 4.78 is 42.9. The van der Waals surface area contributed by atoms with Gasteiger partial charge in [0, 0.05) is 24.7 Å². The Bertz CT molecular complexity index is 1000. The number of ether oxygens (including phenoxy) is 3. The van der Waals surface area contributed by atoms with Crippen molar-refractivity contribution in [1.29, 1.82) is 0 Å². The number of morpholine rings is 1. The highest BCUT2D eigenvalue weighted by Crippen LogP contribution is 2.32. The van der Waals surface area contributed by atoms with Crippen LogP contribution in [0.25, 0.3) is 0 Å². The third kappa shape index (κ3) is 4.66. The third-order valence-corrected chi connectivity index (χ3v) is 6.45. The first-order chi connectivity index (χ1) is 13.8. The van der Waals surface area contributed by atoms with Gasteiger partial charge in [0.05, 0.1) is 30.1 Å². The van der Waals surface area contributed by atoms with E-state index in [-0.39, 0.29) is 30.3 Å². The fourth-order valence-electron chi connectivity index (χ4n) is 3.03. The summed E-state index contributed by atoms with van der Waals surface area (Å²) in [5.74, 6) is 0.587. The Morgan fingerprint density at radius 2 is 1.83 bits per heavy atom. The predicted molar refractivity (Wildman–Crippen MR) is 105 cm³/mol. The molecule has 2 aromatic rings. The zero-order valence-electron chi connectivity index (χ0n) is 16.2. The molecule has 1 aliphatic heterocycles. The van der Waals surface area contributed by atoms with Crippen molar-refractivity contribution in [3.63, 3.8) is 0 Å². The second-order valence-corrected chi connectivity index (χ2v) is 8.45. The molecule has 1 aliphatic rings. The van der Waals surface area contributed by atoms with Crippen molar-refractivity contribution < 1.29 is 27.6 Å². The summed E-state index contributed by atoms with van der Waals surface area (Å²) in [6.45, 7) is 2.96. The molecule has 3 rings (SSSR count). The molecule has 0 N–H and O–H groups in total. The minimum atomic E-state index is -3.84. The molecule has 156 valence electrons. The molecule has 1 saturated heterocycles. The van der Waals surface area contributed by atoms with Crippen LogP contribution in [-0.2, 0) is 21.4 Å². The fourth-order valence-corrected chi connectivity index (χ4v) is 4.46. The van der Waals surface area contributed by atoms with Gasteiger partial charge < -0.3 is 14.2 Å². The first kappa shape index (κ1) is 21.0. The zero-order chi connectivity index (χ0) is 21.0. The molecule has 0 spiro atoms. The lowest BCUT2D eigenvalue weighted by molar-refractivity contribution is -0.386. The van der Waals surface area contributed by atoms with Gasteiger partial charge in [-0.3, -0.25) is 10.1 Å². The van der Waals surface area contributed by atoms with Gasteiger partial charge in [0.15, 0.2) is 5.75 Å². The molecule has 9 nitrogen and oxygen atoms in total. The van der Waals surface area contributed by atoms with E-state index in [1.165, 1.54) is 23.5 Å². The Kier molecular flexibility index (Phi) is 6.36. The molecule has 0 radical (unpaired) electrons. The van der Waals surface area contributed by atoms with Gasteiger partial charge in [0.25, 0.3) is 0 Å². The normalized spacial score (nSPS) is 15.1. The Hall–Kier alpha value is -2.69. The number of hydrogen-bond acceptors (Lipinski definition) is 7. The van der Waals surface area contributed by atoms with Gasteiger partial charge in [-0.05, 0) is 31.2 Å². The van der Waals surface area contributed by atoms with Crippen molar-refractivity contribution >= 4 is 15.7 Å². The third-order valence-electron chi connectivity index (χ3n) is 4.55. The second kappa shape index (κ2) is 8.76. The summed E-state index contributed by atoms with van der Waals surface area (Å²) in [7, 11) is -2.32. The molecule has 1 fully saturated rings. The van der Waals surface area contributed by atoms with Gasteiger partial charge in [-0.25, -0.2) is 8.42 Å². The highest BCUT2D eigenvalue weighted by molar-refractivity contribution is 7.89. The molecule has 10 heteroatoms. The maximum atomic E-state index is 12.8. The van der Waals surface area contributed by atoms with E-state index in [4.69, 9.17) is 14.2 Å². The molecular formula is C19H22N2O7S. The van der Waals surface area contributed by atoms with Crippen LogP contribution in [0.5, 0.6) is 11.5 Å². The van der Waals surface area contributed by atoms with E-state index >= 15 is 0 Å². The van der Waals surface area contributed by atoms with Gasteiger partial charge in [-0.1, -0.05) is 11.6 Å². The number of sulfonamides is 1. The fraction of sp³-hybridized carbons (Fsp3) is 0.368. The lowest BCUT2D eigenvalue weighted by Crippen LogP contribution is -2.40. The van der Waals surface area contributed by atoms with Gasteiger partial charge in [0.2, 0.25) is 10.0 Å². The molecule has 0 aromatic heterocycles. The predicted octanol–water partition coefficient (Wildman–Crippen LogP) is 2.51. The lowest BCUT2D eigenvalue weighted by atomic mass is 10.1. The zero-order valence-corrected chi connectivity index (χ0v) is 17.0. The molecule has 0 amide bonds. The summed E-state index contributed by atoms with van der Waals surface area (Å²) in [5, 5.41) is 11.5. The van der Waals surface area contributed by atoms with E-state index in [0.717, 1.165) is 17.2 Å². The SMILES string of the molecule is COc1ccc(C)cc1COc1ccc(S(=O)(=O)N2CCOCC2)cc1[N+](=O)[O-]. The van der Waals surface area contributed by atoms with E-state index in [2.05, 4.69) is 0 Å². The molecule has 29 heavy (non-hydrogen) atoms. The van der Waals surface area contributed by atoms with Crippen LogP contribution in [0.1, 0.15) is 11.1 Å². The molecule has 0 bridgehead atoms. The van der Waals surface area contributed by atoms with Crippen molar-refractivity contribution in [3.8, 4) is 11.5 Å². The number of hydrogen-bond donors (Lipinski definition) is 0. The quantitative estimate of drug-likeness (QED) is 0.498. The second-order valence-electron chi connectivity index (χ2n) is 6.51. The molecule has 0 unspecified atom stereocenters. The first-order valence-electron chi connectivity index (χ1n) is 8.95. The summed E-state index contributed by atoms with van der Waals surface area (Å²) >= 11 is 0. The Labute approximate surface area is 169 Å². The van der Waals surface area contributed by atoms with Crippen molar-refractivity contribution in [2.24, 2.45) is 0 Å². The molecule has 1 heterocycles. The number of nitrogens with zero attached hydrogens (tertiary/aromatic N) is 2. The Balaban J connectivity index is 1.87. The van der Waals surface area contributed by atoms with Gasteiger partial charge >= 0.3 is 5.69 Å². The lowest BCUT2D eigenvalue weighted by Gasteiger charge is -2.26. The van der Waals surface area contributed by atoms with Crippen molar-refractivity contribution in [2.45, 2.75) is 18.4 Å². The maximum absolute atomic E-state index is 12.8. The van der Waals surface area contributed by atoms with Crippen LogP contribution in [-0.4, -0.2) is 51.1 Å². The topological polar surface area (TPSA) is 108 Å². The Morgan fingerprint density at radius 1 is 1.14 bits per heavy atom. The number of methoxy groups -OCH3 is 1. The number of nitro benzene ring substituents is 1. The maximum Gasteiger partial charge on any atom is 0.312 e. The van der Waals surface area contributed by atoms with E-state index in [0.29, 0.717) is 19.0 Å². The van der Waals surface area contributed by atoms with Crippen LogP contribution in [0.3, 0.4) is 0 Å². The number of benzene rings is 2. The molecule has 0 aliphatic carbocycles. The first-order valence-corrected chi connectivity index (χ1v) is 10.4. The van der Waals surface area contributed by atoms with Crippen LogP contribution in [0, 0.1) is 17.0 Å². The van der Waals surface area contributed by atoms with E-state index in [1.807, 2.05) is 19.1 Å².